The van der Waals surface area contributed by atoms with Crippen LogP contribution in [0.4, 0.5) is 17.3 Å². The molecule has 182 valence electrons. The number of likely N-dealkylation sites (tertiary alicyclic amines) is 1. The Morgan fingerprint density at radius 1 is 1.23 bits per heavy atom. The third-order valence-electron chi connectivity index (χ3n) is 6.81. The van der Waals surface area contributed by atoms with E-state index >= 15 is 0 Å². The van der Waals surface area contributed by atoms with Gasteiger partial charge in [-0.25, -0.2) is 9.97 Å². The Balaban J connectivity index is 1.35. The van der Waals surface area contributed by atoms with E-state index in [0.29, 0.717) is 22.7 Å². The minimum absolute atomic E-state index is 0.112. The molecule has 1 amide bonds. The predicted octanol–water partition coefficient (Wildman–Crippen LogP) is 3.92. The summed E-state index contributed by atoms with van der Waals surface area (Å²) < 4.78 is 0. The summed E-state index contributed by atoms with van der Waals surface area (Å²) in [5, 5.41) is 6.82. The topological polar surface area (TPSA) is 86.3 Å². The molecule has 2 aliphatic heterocycles. The fraction of sp³-hybridized carbons (Fsp3) is 0.385. The van der Waals surface area contributed by atoms with Crippen molar-refractivity contribution >= 4 is 34.8 Å². The van der Waals surface area contributed by atoms with Crippen LogP contribution in [0.3, 0.4) is 0 Å². The maximum atomic E-state index is 12.3. The molecule has 9 heteroatoms. The number of rotatable bonds is 6. The normalized spacial score (nSPS) is 17.6. The standard InChI is InChI=1S/C26H30ClN7O/c1-16-22(10-17(13-28-16)6-8-34-9-7-20(15-34)33(2)3)31-26-29-14-18-11-24(35)30-23-12-19(27)4-5-21(23)25(18)32-26/h4-5,10,12-14,20H,6-9,11,15H2,1-3H3,(H,30,35)(H,29,31,32). The van der Waals surface area contributed by atoms with Gasteiger partial charge < -0.3 is 20.4 Å². The summed E-state index contributed by atoms with van der Waals surface area (Å²) in [7, 11) is 4.31. The van der Waals surface area contributed by atoms with Crippen LogP contribution in [0.1, 0.15) is 23.2 Å². The molecule has 2 N–H and O–H groups in total. The number of anilines is 3. The van der Waals surface area contributed by atoms with E-state index in [0.717, 1.165) is 54.3 Å². The lowest BCUT2D eigenvalue weighted by Crippen LogP contribution is -2.32. The van der Waals surface area contributed by atoms with E-state index in [4.69, 9.17) is 16.6 Å². The predicted molar refractivity (Wildman–Crippen MR) is 139 cm³/mol. The van der Waals surface area contributed by atoms with E-state index in [-0.39, 0.29) is 12.3 Å². The van der Waals surface area contributed by atoms with Crippen LogP contribution in [-0.2, 0) is 17.6 Å². The quantitative estimate of drug-likeness (QED) is 0.540. The lowest BCUT2D eigenvalue weighted by Gasteiger charge is -2.20. The zero-order valence-electron chi connectivity index (χ0n) is 20.3. The molecule has 2 aliphatic rings. The van der Waals surface area contributed by atoms with Gasteiger partial charge in [-0.05, 0) is 70.2 Å². The molecule has 0 aliphatic carbocycles. The van der Waals surface area contributed by atoms with Gasteiger partial charge in [-0.2, -0.15) is 0 Å². The van der Waals surface area contributed by atoms with Crippen LogP contribution in [-0.4, -0.2) is 70.4 Å². The number of carbonyl (C=O) groups is 1. The van der Waals surface area contributed by atoms with Gasteiger partial charge in [-0.1, -0.05) is 11.6 Å². The van der Waals surface area contributed by atoms with Crippen LogP contribution in [0, 0.1) is 6.92 Å². The largest absolute Gasteiger partial charge is 0.325 e. The molecule has 0 saturated carbocycles. The van der Waals surface area contributed by atoms with Crippen molar-refractivity contribution in [2.75, 3.05) is 44.4 Å². The maximum Gasteiger partial charge on any atom is 0.228 e. The Labute approximate surface area is 210 Å². The monoisotopic (exact) mass is 491 g/mol. The number of benzene rings is 1. The Kier molecular flexibility index (Phi) is 6.69. The molecule has 1 atom stereocenters. The Bertz CT molecular complexity index is 1260. The van der Waals surface area contributed by atoms with Crippen LogP contribution in [0.25, 0.3) is 11.3 Å². The molecule has 2 aromatic heterocycles. The van der Waals surface area contributed by atoms with Gasteiger partial charge in [0.2, 0.25) is 11.9 Å². The number of likely N-dealkylation sites (N-methyl/N-ethyl adjacent to an activating group) is 1. The first kappa shape index (κ1) is 23.7. The summed E-state index contributed by atoms with van der Waals surface area (Å²) in [5.41, 5.74) is 5.92. The van der Waals surface area contributed by atoms with E-state index in [1.807, 2.05) is 19.2 Å². The lowest BCUT2D eigenvalue weighted by atomic mass is 10.1. The molecule has 8 nitrogen and oxygen atoms in total. The van der Waals surface area contributed by atoms with Crippen LogP contribution in [0.15, 0.2) is 36.7 Å². The number of halogens is 1. The average molecular weight is 492 g/mol. The summed E-state index contributed by atoms with van der Waals surface area (Å²) >= 11 is 6.16. The molecule has 0 spiro atoms. The highest BCUT2D eigenvalue weighted by atomic mass is 35.5. The van der Waals surface area contributed by atoms with Crippen molar-refractivity contribution in [1.29, 1.82) is 0 Å². The first-order valence-electron chi connectivity index (χ1n) is 11.9. The van der Waals surface area contributed by atoms with Gasteiger partial charge >= 0.3 is 0 Å². The summed E-state index contributed by atoms with van der Waals surface area (Å²) in [4.78, 5) is 31.1. The number of amides is 1. The van der Waals surface area contributed by atoms with Crippen molar-refractivity contribution in [2.45, 2.75) is 32.2 Å². The van der Waals surface area contributed by atoms with Crippen molar-refractivity contribution in [1.82, 2.24) is 24.8 Å². The highest BCUT2D eigenvalue weighted by Gasteiger charge is 2.24. The number of aryl methyl sites for hydroxylation is 1. The molecular weight excluding hydrogens is 462 g/mol. The molecular formula is C26H30ClN7O. The highest BCUT2D eigenvalue weighted by Crippen LogP contribution is 2.35. The SMILES string of the molecule is Cc1ncc(CCN2CCC(N(C)C)C2)cc1Nc1ncc2c(n1)-c1ccc(Cl)cc1NC(=O)C2. The van der Waals surface area contributed by atoms with E-state index in [1.165, 1.54) is 12.0 Å². The summed E-state index contributed by atoms with van der Waals surface area (Å²) in [6, 6.07) is 8.20. The number of fused-ring (bicyclic) bond motifs is 3. The average Bonchev–Trinajstić information content (AvgIpc) is 3.25. The molecule has 35 heavy (non-hydrogen) atoms. The third-order valence-corrected chi connectivity index (χ3v) is 7.05. The lowest BCUT2D eigenvalue weighted by molar-refractivity contribution is -0.115. The second kappa shape index (κ2) is 9.89. The summed E-state index contributed by atoms with van der Waals surface area (Å²) in [6.07, 6.45) is 6.04. The van der Waals surface area contributed by atoms with Crippen molar-refractivity contribution < 1.29 is 4.79 Å². The smallest absolute Gasteiger partial charge is 0.228 e. The second-order valence-electron chi connectivity index (χ2n) is 9.54. The summed E-state index contributed by atoms with van der Waals surface area (Å²) in [6.45, 7) is 5.24. The first-order chi connectivity index (χ1) is 16.9. The zero-order chi connectivity index (χ0) is 24.5. The molecule has 5 rings (SSSR count). The number of nitrogens with one attached hydrogen (secondary N) is 2. The molecule has 3 aromatic rings. The summed E-state index contributed by atoms with van der Waals surface area (Å²) in [5.74, 6) is 0.355. The van der Waals surface area contributed by atoms with E-state index in [9.17, 15) is 4.79 Å². The minimum atomic E-state index is -0.112. The number of hydrogen-bond acceptors (Lipinski definition) is 7. The van der Waals surface area contributed by atoms with Crippen LogP contribution < -0.4 is 10.6 Å². The van der Waals surface area contributed by atoms with E-state index in [2.05, 4.69) is 50.6 Å². The van der Waals surface area contributed by atoms with E-state index in [1.54, 1.807) is 18.3 Å². The highest BCUT2D eigenvalue weighted by molar-refractivity contribution is 6.31. The fourth-order valence-corrected chi connectivity index (χ4v) is 4.88. The number of carbonyl (C=O) groups excluding carboxylic acids is 1. The fourth-order valence-electron chi connectivity index (χ4n) is 4.71. The molecule has 1 fully saturated rings. The van der Waals surface area contributed by atoms with Crippen LogP contribution in [0.5, 0.6) is 0 Å². The number of aromatic nitrogens is 3. The van der Waals surface area contributed by atoms with Gasteiger partial charge in [0.1, 0.15) is 0 Å². The van der Waals surface area contributed by atoms with Gasteiger partial charge in [-0.15, -0.1) is 0 Å². The minimum Gasteiger partial charge on any atom is -0.325 e. The number of pyridine rings is 1. The molecule has 0 radical (unpaired) electrons. The van der Waals surface area contributed by atoms with E-state index < -0.39 is 0 Å². The molecule has 1 unspecified atom stereocenters. The Morgan fingerprint density at radius 3 is 2.89 bits per heavy atom. The van der Waals surface area contributed by atoms with Crippen molar-refractivity contribution in [3.63, 3.8) is 0 Å². The zero-order valence-corrected chi connectivity index (χ0v) is 21.1. The third kappa shape index (κ3) is 5.29. The van der Waals surface area contributed by atoms with Crippen molar-refractivity contribution in [3.05, 3.63) is 58.5 Å². The van der Waals surface area contributed by atoms with Crippen molar-refractivity contribution in [3.8, 4) is 11.3 Å². The maximum absolute atomic E-state index is 12.3. The first-order valence-corrected chi connectivity index (χ1v) is 12.3. The van der Waals surface area contributed by atoms with Gasteiger partial charge in [0, 0.05) is 47.7 Å². The Hall–Kier alpha value is -3.07. The Morgan fingerprint density at radius 2 is 2.09 bits per heavy atom. The van der Waals surface area contributed by atoms with Crippen LogP contribution >= 0.6 is 11.6 Å². The number of nitrogens with zero attached hydrogens (tertiary/aromatic N) is 5. The van der Waals surface area contributed by atoms with Crippen LogP contribution in [0.2, 0.25) is 5.02 Å². The van der Waals surface area contributed by atoms with Gasteiger partial charge in [0.25, 0.3) is 0 Å². The molecule has 1 saturated heterocycles. The van der Waals surface area contributed by atoms with Gasteiger partial charge in [-0.3, -0.25) is 9.78 Å². The van der Waals surface area contributed by atoms with Gasteiger partial charge in [0.15, 0.2) is 0 Å². The second-order valence-corrected chi connectivity index (χ2v) is 9.98. The number of hydrogen-bond donors (Lipinski definition) is 2. The molecule has 4 heterocycles. The van der Waals surface area contributed by atoms with Gasteiger partial charge in [0.05, 0.1) is 29.2 Å². The van der Waals surface area contributed by atoms with Crippen molar-refractivity contribution in [2.24, 2.45) is 0 Å². The molecule has 0 bridgehead atoms. The molecule has 1 aromatic carbocycles.